The summed E-state index contributed by atoms with van der Waals surface area (Å²) in [7, 11) is 0. The van der Waals surface area contributed by atoms with Crippen molar-refractivity contribution in [3.63, 3.8) is 0 Å². The molecule has 0 aliphatic heterocycles. The van der Waals surface area contributed by atoms with Crippen molar-refractivity contribution in [1.29, 1.82) is 10.5 Å². The molecule has 7 heteroatoms. The van der Waals surface area contributed by atoms with Gasteiger partial charge < -0.3 is 9.73 Å². The minimum Gasteiger partial charge on any atom is -0.428 e. The second-order valence-electron chi connectivity index (χ2n) is 6.73. The number of halogens is 2. The van der Waals surface area contributed by atoms with Crippen molar-refractivity contribution in [1.82, 2.24) is 4.98 Å². The summed E-state index contributed by atoms with van der Waals surface area (Å²) in [5.74, 6) is -1.10. The van der Waals surface area contributed by atoms with Crippen molar-refractivity contribution in [3.8, 4) is 23.3 Å². The molecule has 0 radical (unpaired) electrons. The zero-order valence-corrected chi connectivity index (χ0v) is 16.1. The molecule has 3 aromatic carbocycles. The molecule has 0 atom stereocenters. The fraction of sp³-hybridized carbons (Fsp3) is 0.0417. The first-order chi connectivity index (χ1) is 15.1. The number of rotatable bonds is 5. The van der Waals surface area contributed by atoms with Gasteiger partial charge in [0.05, 0.1) is 29.5 Å². The van der Waals surface area contributed by atoms with Crippen LogP contribution in [-0.2, 0) is 6.42 Å². The van der Waals surface area contributed by atoms with Crippen LogP contribution < -0.4 is 5.32 Å². The predicted octanol–water partition coefficient (Wildman–Crippen LogP) is 5.70. The second kappa shape index (κ2) is 8.48. The van der Waals surface area contributed by atoms with Crippen LogP contribution in [-0.4, -0.2) is 4.98 Å². The number of hydrogen-bond donors (Lipinski definition) is 1. The van der Waals surface area contributed by atoms with Crippen molar-refractivity contribution >= 4 is 11.7 Å². The highest BCUT2D eigenvalue weighted by molar-refractivity contribution is 5.65. The van der Waals surface area contributed by atoms with Crippen LogP contribution in [0.25, 0.3) is 11.1 Å². The number of benzene rings is 3. The third-order valence-corrected chi connectivity index (χ3v) is 4.66. The van der Waals surface area contributed by atoms with Gasteiger partial charge in [0.15, 0.2) is 0 Å². The Balaban J connectivity index is 1.51. The summed E-state index contributed by atoms with van der Waals surface area (Å²) in [4.78, 5) is 4.08. The van der Waals surface area contributed by atoms with Crippen molar-refractivity contribution in [2.24, 2.45) is 0 Å². The van der Waals surface area contributed by atoms with Crippen LogP contribution >= 0.6 is 0 Å². The molecule has 0 fully saturated rings. The lowest BCUT2D eigenvalue weighted by atomic mass is 10.00. The van der Waals surface area contributed by atoms with Gasteiger partial charge in [0.2, 0.25) is 0 Å². The molecule has 31 heavy (non-hydrogen) atoms. The van der Waals surface area contributed by atoms with E-state index in [-0.39, 0.29) is 18.0 Å². The van der Waals surface area contributed by atoms with Gasteiger partial charge in [0.1, 0.15) is 17.4 Å². The number of oxazole rings is 1. The molecule has 0 saturated carbocycles. The highest BCUT2D eigenvalue weighted by Crippen LogP contribution is 2.27. The van der Waals surface area contributed by atoms with Gasteiger partial charge in [-0.15, -0.1) is 0 Å². The zero-order chi connectivity index (χ0) is 21.8. The van der Waals surface area contributed by atoms with E-state index in [0.717, 1.165) is 0 Å². The van der Waals surface area contributed by atoms with Crippen molar-refractivity contribution in [2.75, 3.05) is 5.32 Å². The Bertz CT molecular complexity index is 1290. The number of nitrogens with one attached hydrogen (secondary N) is 1. The molecular weight excluding hydrogens is 398 g/mol. The van der Waals surface area contributed by atoms with Crippen LogP contribution in [0.3, 0.4) is 0 Å². The first kappa shape index (κ1) is 19.8. The molecular formula is C24H14F2N4O. The van der Waals surface area contributed by atoms with Gasteiger partial charge in [-0.1, -0.05) is 12.1 Å². The van der Waals surface area contributed by atoms with Gasteiger partial charge >= 0.3 is 0 Å². The van der Waals surface area contributed by atoms with Gasteiger partial charge in [-0.2, -0.15) is 10.5 Å². The Morgan fingerprint density at radius 1 is 0.839 bits per heavy atom. The van der Waals surface area contributed by atoms with Crippen LogP contribution in [0.5, 0.6) is 0 Å². The summed E-state index contributed by atoms with van der Waals surface area (Å²) in [6.45, 7) is 0. The summed E-state index contributed by atoms with van der Waals surface area (Å²) >= 11 is 0. The lowest BCUT2D eigenvalue weighted by Crippen LogP contribution is -1.98. The molecule has 0 spiro atoms. The maximum Gasteiger partial charge on any atom is 0.299 e. The maximum absolute atomic E-state index is 14.7. The minimum absolute atomic E-state index is 0.104. The number of hydrogen-bond acceptors (Lipinski definition) is 5. The summed E-state index contributed by atoms with van der Waals surface area (Å²) in [5, 5.41) is 20.6. The predicted molar refractivity (Wildman–Crippen MR) is 110 cm³/mol. The van der Waals surface area contributed by atoms with Gasteiger partial charge in [-0.3, -0.25) is 0 Å². The Morgan fingerprint density at radius 2 is 1.42 bits per heavy atom. The molecule has 4 aromatic rings. The highest BCUT2D eigenvalue weighted by atomic mass is 19.1. The molecule has 0 amide bonds. The minimum atomic E-state index is -0.697. The standard InChI is InChI=1S/C24H14F2N4O/c25-22-9-18(17-5-1-15(12-27)2-6-17)10-23(26)21(22)11-20-14-29-24(31-20)30-19-7-3-16(13-28)4-8-19/h1-10,14H,11H2,(H,29,30). The van der Waals surface area contributed by atoms with E-state index >= 15 is 0 Å². The topological polar surface area (TPSA) is 85.6 Å². The van der Waals surface area contributed by atoms with E-state index in [4.69, 9.17) is 14.9 Å². The maximum atomic E-state index is 14.7. The Labute approximate surface area is 176 Å². The van der Waals surface area contributed by atoms with E-state index in [1.54, 1.807) is 48.5 Å². The third-order valence-electron chi connectivity index (χ3n) is 4.66. The number of aromatic nitrogens is 1. The molecule has 0 aliphatic rings. The number of anilines is 2. The Morgan fingerprint density at radius 3 is 2.00 bits per heavy atom. The molecule has 1 N–H and O–H groups in total. The lowest BCUT2D eigenvalue weighted by molar-refractivity contribution is 0.511. The van der Waals surface area contributed by atoms with E-state index in [9.17, 15) is 8.78 Å². The van der Waals surface area contributed by atoms with Crippen molar-refractivity contribution in [2.45, 2.75) is 6.42 Å². The summed E-state index contributed by atoms with van der Waals surface area (Å²) in [6.07, 6.45) is 1.30. The average molecular weight is 412 g/mol. The number of nitriles is 2. The van der Waals surface area contributed by atoms with Crippen LogP contribution in [0.4, 0.5) is 20.5 Å². The molecule has 1 heterocycles. The molecule has 0 aliphatic carbocycles. The van der Waals surface area contributed by atoms with Gasteiger partial charge in [-0.25, -0.2) is 13.8 Å². The molecule has 5 nitrogen and oxygen atoms in total. The van der Waals surface area contributed by atoms with Crippen LogP contribution in [0.2, 0.25) is 0 Å². The fourth-order valence-electron chi connectivity index (χ4n) is 3.05. The van der Waals surface area contributed by atoms with E-state index in [2.05, 4.69) is 10.3 Å². The average Bonchev–Trinajstić information content (AvgIpc) is 3.23. The third kappa shape index (κ3) is 4.42. The normalized spacial score (nSPS) is 10.3. The number of nitrogens with zero attached hydrogens (tertiary/aromatic N) is 3. The zero-order valence-electron chi connectivity index (χ0n) is 16.1. The molecule has 4 rings (SSSR count). The van der Waals surface area contributed by atoms with Crippen LogP contribution in [0, 0.1) is 34.3 Å². The largest absolute Gasteiger partial charge is 0.428 e. The molecule has 150 valence electrons. The van der Waals surface area contributed by atoms with E-state index in [1.165, 1.54) is 18.3 Å². The van der Waals surface area contributed by atoms with E-state index in [0.29, 0.717) is 33.7 Å². The van der Waals surface area contributed by atoms with E-state index < -0.39 is 11.6 Å². The van der Waals surface area contributed by atoms with Crippen LogP contribution in [0.15, 0.2) is 71.3 Å². The van der Waals surface area contributed by atoms with Gasteiger partial charge in [-0.05, 0) is 59.7 Å². The Kier molecular flexibility index (Phi) is 5.42. The highest BCUT2D eigenvalue weighted by Gasteiger charge is 2.15. The lowest BCUT2D eigenvalue weighted by Gasteiger charge is -2.08. The molecule has 0 unspecified atom stereocenters. The summed E-state index contributed by atoms with van der Waals surface area (Å²) in [6, 6.07) is 19.9. The van der Waals surface area contributed by atoms with Crippen molar-refractivity contribution < 1.29 is 13.2 Å². The first-order valence-corrected chi connectivity index (χ1v) is 9.26. The van der Waals surface area contributed by atoms with Gasteiger partial charge in [0.25, 0.3) is 6.01 Å². The van der Waals surface area contributed by atoms with Crippen LogP contribution in [0.1, 0.15) is 22.5 Å². The fourth-order valence-corrected chi connectivity index (χ4v) is 3.05. The quantitative estimate of drug-likeness (QED) is 0.455. The Hall–Kier alpha value is -4.49. The summed E-state index contributed by atoms with van der Waals surface area (Å²) < 4.78 is 34.9. The monoisotopic (exact) mass is 412 g/mol. The van der Waals surface area contributed by atoms with Crippen molar-refractivity contribution in [3.05, 3.63) is 101 Å². The molecule has 0 bridgehead atoms. The molecule has 1 aromatic heterocycles. The van der Waals surface area contributed by atoms with E-state index in [1.807, 2.05) is 12.1 Å². The SMILES string of the molecule is N#Cc1ccc(Nc2ncc(Cc3c(F)cc(-c4ccc(C#N)cc4)cc3F)o2)cc1. The van der Waals surface area contributed by atoms with Gasteiger partial charge in [0, 0.05) is 17.7 Å². The second-order valence-corrected chi connectivity index (χ2v) is 6.73. The first-order valence-electron chi connectivity index (χ1n) is 9.26. The molecule has 0 saturated heterocycles. The summed E-state index contributed by atoms with van der Waals surface area (Å²) in [5.41, 5.74) is 2.52. The smallest absolute Gasteiger partial charge is 0.299 e.